The van der Waals surface area contributed by atoms with Gasteiger partial charge >= 0.3 is 0 Å². The number of thioether (sulfide) groups is 1. The Morgan fingerprint density at radius 1 is 1.50 bits per heavy atom. The number of hydrogen-bond acceptors (Lipinski definition) is 3. The minimum Gasteiger partial charge on any atom is -0.492 e. The number of aryl methyl sites for hydroxylation is 1. The molecule has 0 unspecified atom stereocenters. The molecular weight excluding hydrogens is 227 g/mol. The van der Waals surface area contributed by atoms with E-state index in [1.807, 2.05) is 13.1 Å². The number of hydrogen-bond donors (Lipinski definition) is 1. The van der Waals surface area contributed by atoms with Gasteiger partial charge in [-0.1, -0.05) is 6.07 Å². The van der Waals surface area contributed by atoms with Gasteiger partial charge in [0.1, 0.15) is 11.6 Å². The molecule has 1 heterocycles. The zero-order valence-corrected chi connectivity index (χ0v) is 9.54. The van der Waals surface area contributed by atoms with Crippen LogP contribution in [0.25, 0.3) is 0 Å². The monoisotopic (exact) mass is 238 g/mol. The lowest BCUT2D eigenvalue weighted by molar-refractivity contribution is 0.455. The SMILES string of the molecule is Cn1cc(O)nc1CSc1cccc(F)c1. The van der Waals surface area contributed by atoms with E-state index in [0.29, 0.717) is 5.75 Å². The number of aromatic hydroxyl groups is 1. The van der Waals surface area contributed by atoms with Crippen molar-refractivity contribution < 1.29 is 9.50 Å². The lowest BCUT2D eigenvalue weighted by atomic mass is 10.4. The zero-order chi connectivity index (χ0) is 11.5. The van der Waals surface area contributed by atoms with Crippen LogP contribution in [0.2, 0.25) is 0 Å². The fourth-order valence-electron chi connectivity index (χ4n) is 1.33. The molecular formula is C11H11FN2OS. The summed E-state index contributed by atoms with van der Waals surface area (Å²) in [5.74, 6) is 1.12. The van der Waals surface area contributed by atoms with Crippen molar-refractivity contribution in [1.82, 2.24) is 9.55 Å². The van der Waals surface area contributed by atoms with E-state index >= 15 is 0 Å². The number of imidazole rings is 1. The molecule has 0 aliphatic rings. The molecule has 2 rings (SSSR count). The summed E-state index contributed by atoms with van der Waals surface area (Å²) in [7, 11) is 1.81. The third kappa shape index (κ3) is 2.55. The lowest BCUT2D eigenvalue weighted by Crippen LogP contribution is -1.94. The summed E-state index contributed by atoms with van der Waals surface area (Å²) < 4.78 is 14.7. The third-order valence-corrected chi connectivity index (χ3v) is 3.11. The first-order valence-electron chi connectivity index (χ1n) is 4.75. The second-order valence-corrected chi connectivity index (χ2v) is 4.42. The number of nitrogens with zero attached hydrogens (tertiary/aromatic N) is 2. The molecule has 1 aromatic heterocycles. The van der Waals surface area contributed by atoms with E-state index < -0.39 is 0 Å². The van der Waals surface area contributed by atoms with Gasteiger partial charge in [0.2, 0.25) is 5.88 Å². The van der Waals surface area contributed by atoms with E-state index in [1.54, 1.807) is 16.8 Å². The van der Waals surface area contributed by atoms with Crippen molar-refractivity contribution >= 4 is 11.8 Å². The molecule has 16 heavy (non-hydrogen) atoms. The molecule has 5 heteroatoms. The van der Waals surface area contributed by atoms with Crippen LogP contribution >= 0.6 is 11.8 Å². The average molecular weight is 238 g/mol. The van der Waals surface area contributed by atoms with Crippen LogP contribution in [0.1, 0.15) is 5.82 Å². The van der Waals surface area contributed by atoms with Gasteiger partial charge in [0.25, 0.3) is 0 Å². The lowest BCUT2D eigenvalue weighted by Gasteiger charge is -2.01. The fourth-order valence-corrected chi connectivity index (χ4v) is 2.26. The zero-order valence-electron chi connectivity index (χ0n) is 8.72. The molecule has 0 aliphatic heterocycles. The van der Waals surface area contributed by atoms with Gasteiger partial charge in [-0.2, -0.15) is 4.98 Å². The van der Waals surface area contributed by atoms with Gasteiger partial charge in [-0.05, 0) is 18.2 Å². The van der Waals surface area contributed by atoms with Crippen LogP contribution < -0.4 is 0 Å². The second kappa shape index (κ2) is 4.57. The Balaban J connectivity index is 2.05. The van der Waals surface area contributed by atoms with Gasteiger partial charge in [-0.15, -0.1) is 11.8 Å². The van der Waals surface area contributed by atoms with Crippen LogP contribution in [0.5, 0.6) is 5.88 Å². The number of halogens is 1. The van der Waals surface area contributed by atoms with Crippen molar-refractivity contribution in [2.75, 3.05) is 0 Å². The molecule has 2 aromatic rings. The maximum absolute atomic E-state index is 12.9. The average Bonchev–Trinajstić information content (AvgIpc) is 2.54. The van der Waals surface area contributed by atoms with Gasteiger partial charge in [-0.25, -0.2) is 4.39 Å². The molecule has 84 valence electrons. The Morgan fingerprint density at radius 3 is 2.94 bits per heavy atom. The first-order valence-corrected chi connectivity index (χ1v) is 5.73. The number of benzene rings is 1. The molecule has 0 fully saturated rings. The standard InChI is InChI=1S/C11H11FN2OS/c1-14-6-11(15)13-10(14)7-16-9-4-2-3-8(12)5-9/h2-6,15H,7H2,1H3. The maximum Gasteiger partial charge on any atom is 0.229 e. The molecule has 3 nitrogen and oxygen atoms in total. The van der Waals surface area contributed by atoms with Crippen molar-refractivity contribution in [2.45, 2.75) is 10.6 Å². The normalized spacial score (nSPS) is 10.6. The highest BCUT2D eigenvalue weighted by atomic mass is 32.2. The molecule has 0 spiro atoms. The molecule has 1 N–H and O–H groups in total. The van der Waals surface area contributed by atoms with Gasteiger partial charge in [-0.3, -0.25) is 0 Å². The highest BCUT2D eigenvalue weighted by Gasteiger charge is 2.04. The Morgan fingerprint density at radius 2 is 2.31 bits per heavy atom. The Labute approximate surface area is 96.9 Å². The molecule has 0 saturated heterocycles. The highest BCUT2D eigenvalue weighted by Crippen LogP contribution is 2.23. The van der Waals surface area contributed by atoms with Crippen LogP contribution in [-0.4, -0.2) is 14.7 Å². The fraction of sp³-hybridized carbons (Fsp3) is 0.182. The van der Waals surface area contributed by atoms with E-state index in [9.17, 15) is 9.50 Å². The summed E-state index contributed by atoms with van der Waals surface area (Å²) in [5, 5.41) is 9.17. The van der Waals surface area contributed by atoms with Crippen LogP contribution in [0.4, 0.5) is 4.39 Å². The predicted octanol–water partition coefficient (Wildman–Crippen LogP) is 2.56. The molecule has 0 bridgehead atoms. The van der Waals surface area contributed by atoms with Crippen LogP contribution in [-0.2, 0) is 12.8 Å². The predicted molar refractivity (Wildman–Crippen MR) is 60.8 cm³/mol. The van der Waals surface area contributed by atoms with Crippen molar-refractivity contribution in [1.29, 1.82) is 0 Å². The van der Waals surface area contributed by atoms with Crippen molar-refractivity contribution in [2.24, 2.45) is 7.05 Å². The topological polar surface area (TPSA) is 38.0 Å². The summed E-state index contributed by atoms with van der Waals surface area (Å²) in [6.45, 7) is 0. The van der Waals surface area contributed by atoms with Crippen molar-refractivity contribution in [3.05, 3.63) is 42.1 Å². The van der Waals surface area contributed by atoms with E-state index in [1.165, 1.54) is 23.9 Å². The first-order chi connectivity index (χ1) is 7.65. The van der Waals surface area contributed by atoms with E-state index in [0.717, 1.165) is 10.7 Å². The van der Waals surface area contributed by atoms with E-state index in [4.69, 9.17) is 0 Å². The number of rotatable bonds is 3. The number of aromatic nitrogens is 2. The van der Waals surface area contributed by atoms with Gasteiger partial charge < -0.3 is 9.67 Å². The minimum absolute atomic E-state index is 0.0114. The van der Waals surface area contributed by atoms with E-state index in [-0.39, 0.29) is 11.7 Å². The molecule has 0 aliphatic carbocycles. The van der Waals surface area contributed by atoms with Gasteiger partial charge in [0, 0.05) is 11.9 Å². The van der Waals surface area contributed by atoms with Crippen LogP contribution in [0, 0.1) is 5.82 Å². The quantitative estimate of drug-likeness (QED) is 0.835. The Kier molecular flexibility index (Phi) is 3.14. The first kappa shape index (κ1) is 11.0. The molecule has 0 amide bonds. The Hall–Kier alpha value is -1.49. The third-order valence-electron chi connectivity index (χ3n) is 2.12. The Bertz CT molecular complexity index is 498. The summed E-state index contributed by atoms with van der Waals surface area (Å²) >= 11 is 1.48. The van der Waals surface area contributed by atoms with Crippen LogP contribution in [0.3, 0.4) is 0 Å². The van der Waals surface area contributed by atoms with Crippen molar-refractivity contribution in [3.63, 3.8) is 0 Å². The summed E-state index contributed by atoms with van der Waals surface area (Å²) in [5.41, 5.74) is 0. The maximum atomic E-state index is 12.9. The van der Waals surface area contributed by atoms with Gasteiger partial charge in [0.15, 0.2) is 0 Å². The summed E-state index contributed by atoms with van der Waals surface area (Å²) in [6.07, 6.45) is 1.54. The van der Waals surface area contributed by atoms with Crippen LogP contribution in [0.15, 0.2) is 35.4 Å². The molecule has 0 radical (unpaired) electrons. The summed E-state index contributed by atoms with van der Waals surface area (Å²) in [6, 6.07) is 6.41. The van der Waals surface area contributed by atoms with Crippen molar-refractivity contribution in [3.8, 4) is 5.88 Å². The largest absolute Gasteiger partial charge is 0.492 e. The second-order valence-electron chi connectivity index (χ2n) is 3.37. The van der Waals surface area contributed by atoms with Gasteiger partial charge in [0.05, 0.1) is 11.9 Å². The molecule has 1 aromatic carbocycles. The smallest absolute Gasteiger partial charge is 0.229 e. The van der Waals surface area contributed by atoms with E-state index in [2.05, 4.69) is 4.98 Å². The minimum atomic E-state index is -0.243. The highest BCUT2D eigenvalue weighted by molar-refractivity contribution is 7.98. The molecule has 0 saturated carbocycles. The molecule has 0 atom stereocenters. The summed E-state index contributed by atoms with van der Waals surface area (Å²) in [4.78, 5) is 4.80.